The Morgan fingerprint density at radius 2 is 1.88 bits per heavy atom. The monoisotopic (exact) mass is 341 g/mol. The molecule has 0 aromatic heterocycles. The van der Waals surface area contributed by atoms with E-state index in [9.17, 15) is 23.8 Å². The first-order valence-corrected chi connectivity index (χ1v) is 8.41. The number of ketones is 1. The topological polar surface area (TPSA) is 60.8 Å². The van der Waals surface area contributed by atoms with Crippen LogP contribution in [0.1, 0.15) is 31.7 Å². The summed E-state index contributed by atoms with van der Waals surface area (Å²) in [5.41, 5.74) is 0.986. The molecule has 0 radical (unpaired) electrons. The number of aliphatic hydroxyl groups is 2. The van der Waals surface area contributed by atoms with E-state index >= 15 is 0 Å². The smallest absolute Gasteiger partial charge is 0.256 e. The number of halogens is 2. The molecule has 4 atom stereocenters. The van der Waals surface area contributed by atoms with Crippen molar-refractivity contribution < 1.29 is 23.8 Å². The number of nitrogens with zero attached hydrogens (tertiary/aromatic N) is 1. The van der Waals surface area contributed by atoms with E-state index in [4.69, 9.17) is 0 Å². The summed E-state index contributed by atoms with van der Waals surface area (Å²) in [5.74, 6) is -0.0756. The summed E-state index contributed by atoms with van der Waals surface area (Å²) in [5, 5.41) is 20.2. The van der Waals surface area contributed by atoms with Gasteiger partial charge in [0.2, 0.25) is 0 Å². The van der Waals surface area contributed by atoms with Crippen LogP contribution >= 0.6 is 0 Å². The van der Waals surface area contributed by atoms with Crippen molar-refractivity contribution in [3.8, 4) is 0 Å². The van der Waals surface area contributed by atoms with Crippen molar-refractivity contribution in [3.63, 3.8) is 0 Å². The van der Waals surface area contributed by atoms with Crippen molar-refractivity contribution in [3.05, 3.63) is 35.9 Å². The number of hydrogen-bond acceptors (Lipinski definition) is 4. The first-order chi connectivity index (χ1) is 11.5. The zero-order chi connectivity index (χ0) is 17.7. The third-order valence-electron chi connectivity index (χ3n) is 4.63. The van der Waals surface area contributed by atoms with Crippen LogP contribution in [0.4, 0.5) is 8.78 Å². The Balaban J connectivity index is 2.13. The van der Waals surface area contributed by atoms with E-state index in [1.807, 2.05) is 37.3 Å². The predicted molar refractivity (Wildman–Crippen MR) is 87.0 cm³/mol. The van der Waals surface area contributed by atoms with Gasteiger partial charge in [-0.15, -0.1) is 0 Å². The van der Waals surface area contributed by atoms with E-state index in [1.54, 1.807) is 0 Å². The van der Waals surface area contributed by atoms with Crippen LogP contribution < -0.4 is 0 Å². The van der Waals surface area contributed by atoms with E-state index in [2.05, 4.69) is 0 Å². The summed E-state index contributed by atoms with van der Waals surface area (Å²) in [6, 6.07) is 7.21. The molecule has 0 amide bonds. The van der Waals surface area contributed by atoms with Crippen LogP contribution in [0.5, 0.6) is 0 Å². The minimum Gasteiger partial charge on any atom is -0.389 e. The van der Waals surface area contributed by atoms with E-state index in [1.165, 1.54) is 4.90 Å². The number of aliphatic hydroxyl groups excluding tert-OH is 2. The van der Waals surface area contributed by atoms with Crippen LogP contribution in [0.3, 0.4) is 0 Å². The second-order valence-corrected chi connectivity index (χ2v) is 6.34. The lowest BCUT2D eigenvalue weighted by atomic mass is 10.0. The fourth-order valence-corrected chi connectivity index (χ4v) is 3.41. The maximum atomic E-state index is 13.4. The van der Waals surface area contributed by atoms with E-state index in [0.29, 0.717) is 19.3 Å². The van der Waals surface area contributed by atoms with Crippen molar-refractivity contribution in [1.82, 2.24) is 4.90 Å². The SMILES string of the molecule is CCCC(=O)C[C@@H]1[C@@H](O)[C@H](O)[C@@H](C(F)F)N1CCc1ccccc1. The molecule has 0 saturated carbocycles. The number of alkyl halides is 2. The molecule has 1 heterocycles. The number of hydrogen-bond donors (Lipinski definition) is 2. The minimum atomic E-state index is -2.78. The van der Waals surface area contributed by atoms with E-state index in [-0.39, 0.29) is 18.7 Å². The largest absolute Gasteiger partial charge is 0.389 e. The van der Waals surface area contributed by atoms with Crippen LogP contribution in [-0.4, -0.2) is 58.2 Å². The lowest BCUT2D eigenvalue weighted by molar-refractivity contribution is -0.121. The molecule has 6 heteroatoms. The summed E-state index contributed by atoms with van der Waals surface area (Å²) in [7, 11) is 0. The summed E-state index contributed by atoms with van der Waals surface area (Å²) in [6.45, 7) is 2.13. The number of carbonyl (C=O) groups is 1. The molecule has 134 valence electrons. The lowest BCUT2D eigenvalue weighted by Gasteiger charge is -2.29. The number of carbonyl (C=O) groups excluding carboxylic acids is 1. The van der Waals surface area contributed by atoms with Crippen molar-refractivity contribution >= 4 is 5.78 Å². The summed E-state index contributed by atoms with van der Waals surface area (Å²) >= 11 is 0. The molecule has 1 fully saturated rings. The van der Waals surface area contributed by atoms with Gasteiger partial charge >= 0.3 is 0 Å². The molecule has 4 nitrogen and oxygen atoms in total. The minimum absolute atomic E-state index is 0.00984. The molecule has 1 aromatic rings. The lowest BCUT2D eigenvalue weighted by Crippen LogP contribution is -2.45. The van der Waals surface area contributed by atoms with Gasteiger partial charge < -0.3 is 10.2 Å². The van der Waals surface area contributed by atoms with Crippen LogP contribution in [0, 0.1) is 0 Å². The molecular formula is C18H25F2NO3. The summed E-state index contributed by atoms with van der Waals surface area (Å²) in [4.78, 5) is 13.4. The molecule has 0 spiro atoms. The number of benzene rings is 1. The third kappa shape index (κ3) is 4.37. The Morgan fingerprint density at radius 1 is 1.21 bits per heavy atom. The molecule has 24 heavy (non-hydrogen) atoms. The Morgan fingerprint density at radius 3 is 2.46 bits per heavy atom. The number of rotatable bonds is 8. The molecule has 0 aliphatic carbocycles. The molecule has 1 saturated heterocycles. The second kappa shape index (κ2) is 8.65. The van der Waals surface area contributed by atoms with E-state index in [0.717, 1.165) is 5.56 Å². The average molecular weight is 341 g/mol. The van der Waals surface area contributed by atoms with Crippen LogP contribution in [-0.2, 0) is 11.2 Å². The predicted octanol–water partition coefficient (Wildman–Crippen LogP) is 2.03. The summed E-state index contributed by atoms with van der Waals surface area (Å²) < 4.78 is 26.8. The maximum absolute atomic E-state index is 13.4. The average Bonchev–Trinajstić information content (AvgIpc) is 2.78. The highest BCUT2D eigenvalue weighted by Crippen LogP contribution is 2.31. The van der Waals surface area contributed by atoms with E-state index < -0.39 is 30.7 Å². The van der Waals surface area contributed by atoms with Crippen LogP contribution in [0.2, 0.25) is 0 Å². The normalized spacial score (nSPS) is 27.8. The zero-order valence-corrected chi connectivity index (χ0v) is 13.8. The van der Waals surface area contributed by atoms with Gasteiger partial charge in [-0.1, -0.05) is 37.3 Å². The first-order valence-electron chi connectivity index (χ1n) is 8.41. The standard InChI is InChI=1S/C18H25F2NO3/c1-2-6-13(22)11-14-16(23)17(24)15(18(19)20)21(14)10-9-12-7-4-3-5-8-12/h3-5,7-8,14-18,23-24H,2,6,9-11H2,1H3/t14-,15+,16-,17-/m1/s1. The molecule has 1 aliphatic heterocycles. The molecule has 0 unspecified atom stereocenters. The van der Waals surface area contributed by atoms with Crippen LogP contribution in [0.25, 0.3) is 0 Å². The highest BCUT2D eigenvalue weighted by Gasteiger charge is 2.51. The quantitative estimate of drug-likeness (QED) is 0.760. The van der Waals surface area contributed by atoms with Gasteiger partial charge in [-0.3, -0.25) is 9.69 Å². The van der Waals surface area contributed by atoms with Gasteiger partial charge in [0, 0.05) is 25.4 Å². The molecular weight excluding hydrogens is 316 g/mol. The molecule has 0 bridgehead atoms. The van der Waals surface area contributed by atoms with Gasteiger partial charge in [-0.05, 0) is 18.4 Å². The maximum Gasteiger partial charge on any atom is 0.256 e. The highest BCUT2D eigenvalue weighted by molar-refractivity contribution is 5.79. The van der Waals surface area contributed by atoms with Gasteiger partial charge in [-0.2, -0.15) is 0 Å². The highest BCUT2D eigenvalue weighted by atomic mass is 19.3. The van der Waals surface area contributed by atoms with Crippen molar-refractivity contribution in [2.75, 3.05) is 6.54 Å². The Hall–Kier alpha value is -1.37. The van der Waals surface area contributed by atoms with Gasteiger partial charge in [0.1, 0.15) is 11.9 Å². The van der Waals surface area contributed by atoms with Gasteiger partial charge in [0.15, 0.2) is 0 Å². The Kier molecular flexibility index (Phi) is 6.83. The van der Waals surface area contributed by atoms with Crippen molar-refractivity contribution in [1.29, 1.82) is 0 Å². The second-order valence-electron chi connectivity index (χ2n) is 6.34. The van der Waals surface area contributed by atoms with Crippen molar-refractivity contribution in [2.45, 2.75) is 63.3 Å². The molecule has 2 N–H and O–H groups in total. The van der Waals surface area contributed by atoms with Gasteiger partial charge in [0.25, 0.3) is 6.43 Å². The van der Waals surface area contributed by atoms with Crippen molar-refractivity contribution in [2.24, 2.45) is 0 Å². The Labute approximate surface area is 141 Å². The fourth-order valence-electron chi connectivity index (χ4n) is 3.41. The number of likely N-dealkylation sites (tertiary alicyclic amines) is 1. The first kappa shape index (κ1) is 19.0. The van der Waals surface area contributed by atoms with Crippen LogP contribution in [0.15, 0.2) is 30.3 Å². The molecule has 1 aromatic carbocycles. The number of Topliss-reactive ketones (excluding diaryl/α,β-unsaturated/α-hetero) is 1. The van der Waals surface area contributed by atoms with Gasteiger partial charge in [0.05, 0.1) is 12.1 Å². The van der Waals surface area contributed by atoms with Gasteiger partial charge in [-0.25, -0.2) is 8.78 Å². The summed E-state index contributed by atoms with van der Waals surface area (Å²) in [6.07, 6.45) is -4.12. The third-order valence-corrected chi connectivity index (χ3v) is 4.63. The fraction of sp³-hybridized carbons (Fsp3) is 0.611. The molecule has 2 rings (SSSR count). The Bertz CT molecular complexity index is 526. The zero-order valence-electron chi connectivity index (χ0n) is 13.8. The molecule has 1 aliphatic rings.